The quantitative estimate of drug-likeness (QED) is 0.412. The second kappa shape index (κ2) is 7.24. The third-order valence-corrected chi connectivity index (χ3v) is 4.84. The molecule has 134 valence electrons. The maximum Gasteiger partial charge on any atom is 0.137 e. The van der Waals surface area contributed by atoms with E-state index in [0.717, 1.165) is 39.8 Å². The molecule has 0 atom stereocenters. The van der Waals surface area contributed by atoms with Gasteiger partial charge in [-0.2, -0.15) is 0 Å². The summed E-state index contributed by atoms with van der Waals surface area (Å²) in [5, 5.41) is 2.01. The number of rotatable bonds is 3. The Labute approximate surface area is 159 Å². The van der Waals surface area contributed by atoms with Crippen LogP contribution in [-0.4, -0.2) is 0 Å². The van der Waals surface area contributed by atoms with Crippen LogP contribution in [0.1, 0.15) is 23.6 Å². The van der Waals surface area contributed by atoms with Crippen LogP contribution in [0, 0.1) is 13.8 Å². The Morgan fingerprint density at radius 1 is 0.852 bits per heavy atom. The number of nitrogens with zero attached hydrogens (tertiary/aromatic N) is 1. The second-order valence-electron chi connectivity index (χ2n) is 6.95. The zero-order valence-corrected chi connectivity index (χ0v) is 16.0. The van der Waals surface area contributed by atoms with Gasteiger partial charge in [-0.3, -0.25) is 0 Å². The van der Waals surface area contributed by atoms with Gasteiger partial charge in [-0.15, -0.1) is 0 Å². The molecule has 0 N–H and O–H groups in total. The zero-order chi connectivity index (χ0) is 18.8. The van der Waals surface area contributed by atoms with Crippen molar-refractivity contribution < 1.29 is 4.42 Å². The molecule has 4 rings (SSSR count). The topological polar surface area (TPSA) is 25.5 Å². The summed E-state index contributed by atoms with van der Waals surface area (Å²) in [7, 11) is 0. The van der Waals surface area contributed by atoms with Gasteiger partial charge in [0.25, 0.3) is 0 Å². The molecule has 0 spiro atoms. The zero-order valence-electron chi connectivity index (χ0n) is 16.0. The van der Waals surface area contributed by atoms with Crippen molar-refractivity contribution in [2.45, 2.75) is 27.2 Å². The summed E-state index contributed by atoms with van der Waals surface area (Å²) in [6.07, 6.45) is 1.03. The third kappa shape index (κ3) is 3.56. The van der Waals surface area contributed by atoms with E-state index in [4.69, 9.17) is 9.41 Å². The Morgan fingerprint density at radius 2 is 1.59 bits per heavy atom. The van der Waals surface area contributed by atoms with E-state index < -0.39 is 0 Å². The highest BCUT2D eigenvalue weighted by Gasteiger charge is 2.09. The van der Waals surface area contributed by atoms with Crippen molar-refractivity contribution in [2.24, 2.45) is 4.99 Å². The standard InChI is InChI=1S/C25H23NO/c1-4-19-10-12-21(13-11-19)26-22-16-23(20-8-6-5-7-9-20)27-24-15-17(2)14-18(3)25(22)24/h5-16H,4H2,1-3H3. The minimum absolute atomic E-state index is 0.831. The van der Waals surface area contributed by atoms with Gasteiger partial charge < -0.3 is 4.42 Å². The molecule has 2 heteroatoms. The summed E-state index contributed by atoms with van der Waals surface area (Å²) in [6.45, 7) is 6.37. The molecule has 0 bridgehead atoms. The van der Waals surface area contributed by atoms with Crippen molar-refractivity contribution in [1.29, 1.82) is 0 Å². The minimum Gasteiger partial charge on any atom is -0.456 e. The summed E-state index contributed by atoms with van der Waals surface area (Å²) in [6, 6.07) is 25.0. The first-order chi connectivity index (χ1) is 13.1. The molecule has 0 aliphatic carbocycles. The molecule has 0 saturated carbocycles. The number of fused-ring (bicyclic) bond motifs is 1. The lowest BCUT2D eigenvalue weighted by molar-refractivity contribution is 0.618. The molecule has 0 unspecified atom stereocenters. The number of hydrogen-bond donors (Lipinski definition) is 0. The Balaban J connectivity index is 2.00. The van der Waals surface area contributed by atoms with Crippen molar-refractivity contribution >= 4 is 16.7 Å². The van der Waals surface area contributed by atoms with E-state index in [1.165, 1.54) is 16.7 Å². The Hall–Kier alpha value is -3.13. The summed E-state index contributed by atoms with van der Waals surface area (Å²) in [4.78, 5) is 4.96. The molecule has 0 amide bonds. The smallest absolute Gasteiger partial charge is 0.137 e. The van der Waals surface area contributed by atoms with Crippen LogP contribution in [0.5, 0.6) is 0 Å². The molecular weight excluding hydrogens is 330 g/mol. The average Bonchev–Trinajstić information content (AvgIpc) is 2.68. The van der Waals surface area contributed by atoms with Gasteiger partial charge in [0, 0.05) is 17.0 Å². The van der Waals surface area contributed by atoms with Crippen molar-refractivity contribution in [3.8, 4) is 11.3 Å². The molecule has 1 heterocycles. The average molecular weight is 353 g/mol. The molecule has 1 aromatic heterocycles. The fourth-order valence-corrected chi connectivity index (χ4v) is 3.46. The second-order valence-corrected chi connectivity index (χ2v) is 6.95. The van der Waals surface area contributed by atoms with Crippen LogP contribution >= 0.6 is 0 Å². The van der Waals surface area contributed by atoms with E-state index in [2.05, 4.69) is 69.3 Å². The first kappa shape index (κ1) is 17.3. The highest BCUT2D eigenvalue weighted by molar-refractivity contribution is 5.82. The first-order valence-electron chi connectivity index (χ1n) is 9.38. The van der Waals surface area contributed by atoms with Crippen molar-refractivity contribution in [3.05, 3.63) is 94.8 Å². The summed E-state index contributed by atoms with van der Waals surface area (Å²) in [5.74, 6) is 0.831. The lowest BCUT2D eigenvalue weighted by Crippen LogP contribution is -2.05. The number of benzene rings is 3. The van der Waals surface area contributed by atoms with Crippen molar-refractivity contribution in [2.75, 3.05) is 0 Å². The molecule has 3 aromatic carbocycles. The molecule has 0 aliphatic rings. The molecule has 0 aliphatic heterocycles. The van der Waals surface area contributed by atoms with Crippen LogP contribution in [0.15, 0.2) is 82.2 Å². The Morgan fingerprint density at radius 3 is 2.30 bits per heavy atom. The Bertz CT molecular complexity index is 1150. The summed E-state index contributed by atoms with van der Waals surface area (Å²) in [5.41, 5.74) is 6.57. The van der Waals surface area contributed by atoms with Gasteiger partial charge in [0.1, 0.15) is 11.3 Å². The highest BCUT2D eigenvalue weighted by Crippen LogP contribution is 2.25. The van der Waals surface area contributed by atoms with E-state index in [0.29, 0.717) is 0 Å². The fourth-order valence-electron chi connectivity index (χ4n) is 3.46. The molecule has 27 heavy (non-hydrogen) atoms. The summed E-state index contributed by atoms with van der Waals surface area (Å²) >= 11 is 0. The predicted molar refractivity (Wildman–Crippen MR) is 112 cm³/mol. The van der Waals surface area contributed by atoms with Gasteiger partial charge in [-0.05, 0) is 55.2 Å². The van der Waals surface area contributed by atoms with Crippen LogP contribution in [0.3, 0.4) is 0 Å². The van der Waals surface area contributed by atoms with Crippen LogP contribution in [0.25, 0.3) is 22.3 Å². The molecule has 0 radical (unpaired) electrons. The fraction of sp³-hybridized carbons (Fsp3) is 0.160. The molecule has 4 aromatic rings. The SMILES string of the molecule is CCc1ccc(N=c2cc(-c3ccccc3)oc3cc(C)cc(C)c23)cc1. The van der Waals surface area contributed by atoms with Crippen molar-refractivity contribution in [1.82, 2.24) is 0 Å². The van der Waals surface area contributed by atoms with Gasteiger partial charge in [-0.25, -0.2) is 4.99 Å². The molecule has 0 fully saturated rings. The maximum atomic E-state index is 6.26. The molecular formula is C25H23NO. The third-order valence-electron chi connectivity index (χ3n) is 4.84. The van der Waals surface area contributed by atoms with Gasteiger partial charge in [0.2, 0.25) is 0 Å². The van der Waals surface area contributed by atoms with Gasteiger partial charge >= 0.3 is 0 Å². The van der Waals surface area contributed by atoms with E-state index in [-0.39, 0.29) is 0 Å². The van der Waals surface area contributed by atoms with E-state index in [1.54, 1.807) is 0 Å². The van der Waals surface area contributed by atoms with Crippen LogP contribution in [0.2, 0.25) is 0 Å². The monoisotopic (exact) mass is 353 g/mol. The predicted octanol–water partition coefficient (Wildman–Crippen LogP) is 6.51. The van der Waals surface area contributed by atoms with Crippen LogP contribution in [0.4, 0.5) is 5.69 Å². The van der Waals surface area contributed by atoms with Crippen LogP contribution in [-0.2, 0) is 6.42 Å². The van der Waals surface area contributed by atoms with Crippen molar-refractivity contribution in [3.63, 3.8) is 0 Å². The lowest BCUT2D eigenvalue weighted by Gasteiger charge is -2.08. The Kier molecular flexibility index (Phi) is 4.64. The normalized spacial score (nSPS) is 11.9. The maximum absolute atomic E-state index is 6.26. The highest BCUT2D eigenvalue weighted by atomic mass is 16.3. The van der Waals surface area contributed by atoms with E-state index >= 15 is 0 Å². The van der Waals surface area contributed by atoms with Gasteiger partial charge in [0.05, 0.1) is 11.0 Å². The largest absolute Gasteiger partial charge is 0.456 e. The lowest BCUT2D eigenvalue weighted by atomic mass is 10.0. The first-order valence-corrected chi connectivity index (χ1v) is 9.38. The van der Waals surface area contributed by atoms with E-state index in [1.807, 2.05) is 24.3 Å². The summed E-state index contributed by atoms with van der Waals surface area (Å²) < 4.78 is 6.26. The molecule has 2 nitrogen and oxygen atoms in total. The number of aryl methyl sites for hydroxylation is 3. The minimum atomic E-state index is 0.831. The van der Waals surface area contributed by atoms with E-state index in [9.17, 15) is 0 Å². The van der Waals surface area contributed by atoms with Gasteiger partial charge in [0.15, 0.2) is 0 Å². The molecule has 0 saturated heterocycles. The number of hydrogen-bond acceptors (Lipinski definition) is 2. The van der Waals surface area contributed by atoms with Gasteiger partial charge in [-0.1, -0.05) is 55.5 Å². The van der Waals surface area contributed by atoms with Crippen LogP contribution < -0.4 is 5.36 Å².